The predicted octanol–water partition coefficient (Wildman–Crippen LogP) is 2.12. The van der Waals surface area contributed by atoms with Crippen molar-refractivity contribution in [2.24, 2.45) is 11.8 Å². The Morgan fingerprint density at radius 1 is 1.31 bits per heavy atom. The molecule has 3 heteroatoms. The Bertz CT molecular complexity index is 176. The first-order valence-corrected chi connectivity index (χ1v) is 5.57. The van der Waals surface area contributed by atoms with Crippen LogP contribution in [0.5, 0.6) is 0 Å². The van der Waals surface area contributed by atoms with E-state index in [0.717, 1.165) is 6.54 Å². The molecule has 0 spiro atoms. The number of hydrogen-bond donors (Lipinski definition) is 0. The molecule has 13 heavy (non-hydrogen) atoms. The number of halogens is 1. The molecule has 0 aromatic carbocycles. The fraction of sp³-hybridized carbons (Fsp3) is 0.900. The van der Waals surface area contributed by atoms with Gasteiger partial charge in [0.15, 0.2) is 0 Å². The van der Waals surface area contributed by atoms with E-state index in [1.54, 1.807) is 0 Å². The maximum Gasteiger partial charge on any atom is 0.226 e. The molecule has 2 nitrogen and oxygen atoms in total. The molecule has 3 heterocycles. The third kappa shape index (κ3) is 2.44. The minimum Gasteiger partial charge on any atom is -0.303 e. The zero-order chi connectivity index (χ0) is 9.84. The van der Waals surface area contributed by atoms with E-state index in [1.165, 1.54) is 25.9 Å². The summed E-state index contributed by atoms with van der Waals surface area (Å²) in [5, 5.41) is -0.126. The van der Waals surface area contributed by atoms with Gasteiger partial charge in [0.05, 0.1) is 0 Å². The zero-order valence-electron chi connectivity index (χ0n) is 8.42. The van der Waals surface area contributed by atoms with Crippen LogP contribution in [-0.2, 0) is 4.79 Å². The molecule has 0 saturated carbocycles. The van der Waals surface area contributed by atoms with Crippen molar-refractivity contribution < 1.29 is 4.79 Å². The highest BCUT2D eigenvalue weighted by Gasteiger charge is 2.37. The van der Waals surface area contributed by atoms with E-state index in [4.69, 9.17) is 11.6 Å². The van der Waals surface area contributed by atoms with E-state index in [1.807, 2.05) is 13.8 Å². The van der Waals surface area contributed by atoms with E-state index >= 15 is 0 Å². The van der Waals surface area contributed by atoms with Crippen LogP contribution in [0.3, 0.4) is 0 Å². The smallest absolute Gasteiger partial charge is 0.226 e. The van der Waals surface area contributed by atoms with Crippen LogP contribution in [0.1, 0.15) is 26.7 Å². The molecule has 3 aliphatic rings. The van der Waals surface area contributed by atoms with Crippen LogP contribution in [0.15, 0.2) is 0 Å². The Morgan fingerprint density at radius 3 is 2.08 bits per heavy atom. The van der Waals surface area contributed by atoms with Gasteiger partial charge in [0.1, 0.15) is 0 Å². The van der Waals surface area contributed by atoms with Gasteiger partial charge in [0.25, 0.3) is 0 Å². The summed E-state index contributed by atoms with van der Waals surface area (Å²) in [5.74, 6) is 0.726. The molecule has 0 aliphatic carbocycles. The van der Waals surface area contributed by atoms with Gasteiger partial charge in [-0.1, -0.05) is 13.8 Å². The van der Waals surface area contributed by atoms with Gasteiger partial charge in [-0.05, 0) is 43.5 Å². The number of carbonyl (C=O) groups is 1. The number of fused-ring (bicyclic) bond motifs is 3. The van der Waals surface area contributed by atoms with Crippen molar-refractivity contribution in [3.63, 3.8) is 0 Å². The highest BCUT2D eigenvalue weighted by Crippen LogP contribution is 2.33. The second-order valence-corrected chi connectivity index (χ2v) is 3.92. The summed E-state index contributed by atoms with van der Waals surface area (Å²) in [6.07, 6.45) is 2.34. The first kappa shape index (κ1) is 11.0. The molecule has 3 aliphatic heterocycles. The maximum atomic E-state index is 10.9. The number of carbonyl (C=O) groups excluding carboxylic acids is 1. The van der Waals surface area contributed by atoms with Crippen molar-refractivity contribution in [3.05, 3.63) is 0 Å². The topological polar surface area (TPSA) is 20.3 Å². The van der Waals surface area contributed by atoms with Crippen molar-refractivity contribution in [1.29, 1.82) is 0 Å². The van der Waals surface area contributed by atoms with Crippen molar-refractivity contribution in [2.75, 3.05) is 19.6 Å². The molecule has 76 valence electrons. The number of piperidine rings is 3. The summed E-state index contributed by atoms with van der Waals surface area (Å²) in [6.45, 7) is 7.25. The standard InChI is InChI=1S/C8H12ClNO.C2H6/c9-8(11)7-5-10-3-1-6(7)2-4-10;1-2/h6-7H,1-5H2;1-2H3. The molecule has 0 amide bonds. The summed E-state index contributed by atoms with van der Waals surface area (Å²) in [4.78, 5) is 13.3. The molecule has 0 N–H and O–H groups in total. The summed E-state index contributed by atoms with van der Waals surface area (Å²) in [5.41, 5.74) is 0. The second-order valence-electron chi connectivity index (χ2n) is 3.55. The quantitative estimate of drug-likeness (QED) is 0.609. The molecule has 0 aromatic heterocycles. The zero-order valence-corrected chi connectivity index (χ0v) is 9.18. The van der Waals surface area contributed by atoms with Crippen LogP contribution in [0.4, 0.5) is 0 Å². The predicted molar refractivity (Wildman–Crippen MR) is 54.9 cm³/mol. The lowest BCUT2D eigenvalue weighted by Gasteiger charge is -2.43. The van der Waals surface area contributed by atoms with Gasteiger partial charge in [-0.3, -0.25) is 4.79 Å². The Hall–Kier alpha value is -0.0800. The number of rotatable bonds is 1. The Kier molecular flexibility index (Phi) is 4.20. The Labute approximate surface area is 85.2 Å². The molecule has 2 bridgehead atoms. The average Bonchev–Trinajstić information content (AvgIpc) is 2.22. The lowest BCUT2D eigenvalue weighted by atomic mass is 9.80. The van der Waals surface area contributed by atoms with E-state index < -0.39 is 0 Å². The lowest BCUT2D eigenvalue weighted by molar-refractivity contribution is -0.120. The molecular formula is C10H18ClNO. The van der Waals surface area contributed by atoms with Crippen LogP contribution in [0, 0.1) is 11.8 Å². The maximum absolute atomic E-state index is 10.9. The third-order valence-corrected chi connectivity index (χ3v) is 3.23. The molecule has 0 aromatic rings. The second kappa shape index (κ2) is 4.97. The van der Waals surface area contributed by atoms with E-state index in [9.17, 15) is 4.79 Å². The monoisotopic (exact) mass is 203 g/mol. The minimum atomic E-state index is -0.126. The van der Waals surface area contributed by atoms with Gasteiger partial charge in [0.2, 0.25) is 5.24 Å². The highest BCUT2D eigenvalue weighted by molar-refractivity contribution is 6.64. The Morgan fingerprint density at radius 2 is 1.85 bits per heavy atom. The van der Waals surface area contributed by atoms with Crippen molar-refractivity contribution in [1.82, 2.24) is 4.90 Å². The molecule has 0 radical (unpaired) electrons. The summed E-state index contributed by atoms with van der Waals surface area (Å²) in [7, 11) is 0. The fourth-order valence-electron chi connectivity index (χ4n) is 2.22. The van der Waals surface area contributed by atoms with Gasteiger partial charge >= 0.3 is 0 Å². The fourth-order valence-corrected chi connectivity index (χ4v) is 2.47. The summed E-state index contributed by atoms with van der Waals surface area (Å²) < 4.78 is 0. The van der Waals surface area contributed by atoms with Gasteiger partial charge in [-0.15, -0.1) is 0 Å². The first-order chi connectivity index (χ1) is 6.27. The van der Waals surface area contributed by atoms with Gasteiger partial charge in [-0.2, -0.15) is 0 Å². The molecule has 1 atom stereocenters. The Balaban J connectivity index is 0.000000396. The first-order valence-electron chi connectivity index (χ1n) is 5.19. The van der Waals surface area contributed by atoms with Crippen molar-refractivity contribution >= 4 is 16.8 Å². The van der Waals surface area contributed by atoms with Crippen molar-refractivity contribution in [3.8, 4) is 0 Å². The van der Waals surface area contributed by atoms with Gasteiger partial charge in [-0.25, -0.2) is 0 Å². The molecule has 3 saturated heterocycles. The average molecular weight is 204 g/mol. The molecule has 1 unspecified atom stereocenters. The van der Waals surface area contributed by atoms with E-state index in [2.05, 4.69) is 4.90 Å². The van der Waals surface area contributed by atoms with Crippen LogP contribution in [0.25, 0.3) is 0 Å². The normalized spacial score (nSPS) is 36.4. The van der Waals surface area contributed by atoms with E-state index in [-0.39, 0.29) is 11.2 Å². The summed E-state index contributed by atoms with van der Waals surface area (Å²) in [6, 6.07) is 0. The van der Waals surface area contributed by atoms with Gasteiger partial charge < -0.3 is 4.90 Å². The van der Waals surface area contributed by atoms with Crippen LogP contribution in [-0.4, -0.2) is 29.8 Å². The number of hydrogen-bond acceptors (Lipinski definition) is 2. The number of nitrogens with zero attached hydrogens (tertiary/aromatic N) is 1. The van der Waals surface area contributed by atoms with Crippen LogP contribution in [0.2, 0.25) is 0 Å². The van der Waals surface area contributed by atoms with Crippen molar-refractivity contribution in [2.45, 2.75) is 26.7 Å². The van der Waals surface area contributed by atoms with Gasteiger partial charge in [0, 0.05) is 12.5 Å². The summed E-state index contributed by atoms with van der Waals surface area (Å²) >= 11 is 5.49. The SMILES string of the molecule is CC.O=C(Cl)C1CN2CCC1CC2. The molecular weight excluding hydrogens is 186 g/mol. The highest BCUT2D eigenvalue weighted by atomic mass is 35.5. The molecule has 3 rings (SSSR count). The van der Waals surface area contributed by atoms with Crippen LogP contribution >= 0.6 is 11.6 Å². The van der Waals surface area contributed by atoms with Crippen LogP contribution < -0.4 is 0 Å². The van der Waals surface area contributed by atoms with E-state index in [0.29, 0.717) is 5.92 Å². The minimum absolute atomic E-state index is 0.126. The third-order valence-electron chi connectivity index (χ3n) is 2.95. The lowest BCUT2D eigenvalue weighted by Crippen LogP contribution is -2.49. The largest absolute Gasteiger partial charge is 0.303 e. The molecule has 3 fully saturated rings.